The Morgan fingerprint density at radius 2 is 1.33 bits per heavy atom. The molecule has 1 saturated carbocycles. The number of hydrogen-bond donors (Lipinski definition) is 1. The van der Waals surface area contributed by atoms with Crippen LogP contribution in [0.2, 0.25) is 0 Å². The Morgan fingerprint density at radius 1 is 0.725 bits per heavy atom. The molecule has 3 aliphatic rings. The lowest BCUT2D eigenvalue weighted by Gasteiger charge is -2.36. The van der Waals surface area contributed by atoms with Gasteiger partial charge in [0.25, 0.3) is 0 Å². The van der Waals surface area contributed by atoms with Crippen LogP contribution in [0.3, 0.4) is 0 Å². The van der Waals surface area contributed by atoms with E-state index >= 15 is 0 Å². The van der Waals surface area contributed by atoms with E-state index in [1.165, 1.54) is 0 Å². The largest absolute Gasteiger partial charge is 0.450 e. The highest BCUT2D eigenvalue weighted by Crippen LogP contribution is 2.45. The smallest absolute Gasteiger partial charge is 0.326 e. The third kappa shape index (κ3) is 5.30. The van der Waals surface area contributed by atoms with E-state index in [-0.39, 0.29) is 16.7 Å². The van der Waals surface area contributed by atoms with Crippen LogP contribution in [0.5, 0.6) is 0 Å². The van der Waals surface area contributed by atoms with E-state index in [4.69, 9.17) is 19.9 Å². The molecule has 0 bridgehead atoms. The molecule has 2 fully saturated rings. The maximum Gasteiger partial charge on any atom is 0.450 e. The van der Waals surface area contributed by atoms with Gasteiger partial charge >= 0.3 is 6.03 Å². The Labute approximate surface area is 297 Å². The zero-order valence-electron chi connectivity index (χ0n) is 28.3. The maximum atomic E-state index is 14.4. The van der Waals surface area contributed by atoms with Gasteiger partial charge in [0, 0.05) is 29.7 Å². The van der Waals surface area contributed by atoms with E-state index in [1.807, 2.05) is 59.5 Å². The summed E-state index contributed by atoms with van der Waals surface area (Å²) in [5.74, 6) is 0.582. The van der Waals surface area contributed by atoms with E-state index in [0.717, 1.165) is 76.9 Å². The second-order valence-electron chi connectivity index (χ2n) is 13.6. The minimum Gasteiger partial charge on any atom is -0.326 e. The van der Waals surface area contributed by atoms with Crippen LogP contribution < -0.4 is 9.91 Å². The van der Waals surface area contributed by atoms with Gasteiger partial charge in [-0.15, -0.1) is 5.10 Å². The lowest BCUT2D eigenvalue weighted by molar-refractivity contribution is -0.0602. The first-order chi connectivity index (χ1) is 25.2. The van der Waals surface area contributed by atoms with E-state index in [1.54, 1.807) is 0 Å². The maximum absolute atomic E-state index is 14.4. The van der Waals surface area contributed by atoms with Crippen LogP contribution in [0.25, 0.3) is 11.4 Å². The first-order valence-corrected chi connectivity index (χ1v) is 17.9. The van der Waals surface area contributed by atoms with Gasteiger partial charge in [0.05, 0.1) is 12.2 Å². The van der Waals surface area contributed by atoms with Crippen molar-refractivity contribution in [2.75, 3.05) is 6.61 Å². The highest BCUT2D eigenvalue weighted by atomic mass is 16.5. The molecule has 8 heteroatoms. The van der Waals surface area contributed by atoms with Crippen LogP contribution in [0, 0.1) is 0 Å². The van der Waals surface area contributed by atoms with E-state index < -0.39 is 11.8 Å². The molecule has 1 saturated heterocycles. The lowest BCUT2D eigenvalue weighted by Crippen LogP contribution is -2.62. The average Bonchev–Trinajstić information content (AvgIpc) is 3.76. The van der Waals surface area contributed by atoms with E-state index in [9.17, 15) is 4.79 Å². The summed E-state index contributed by atoms with van der Waals surface area (Å²) in [5.41, 5.74) is 6.68. The van der Waals surface area contributed by atoms with Crippen LogP contribution in [-0.2, 0) is 10.3 Å². The normalized spacial score (nSPS) is 20.0. The summed E-state index contributed by atoms with van der Waals surface area (Å²) in [6.07, 6.45) is 6.11. The van der Waals surface area contributed by atoms with Gasteiger partial charge in [0.1, 0.15) is 17.6 Å². The summed E-state index contributed by atoms with van der Waals surface area (Å²) in [6.45, 7) is 0.609. The molecule has 252 valence electrons. The average molecular weight is 672 g/mol. The number of carbonyl (C=O) groups is 1. The predicted octanol–water partition coefficient (Wildman–Crippen LogP) is 8.26. The van der Waals surface area contributed by atoms with Crippen molar-refractivity contribution in [1.82, 2.24) is 24.7 Å². The van der Waals surface area contributed by atoms with Gasteiger partial charge in [-0.1, -0.05) is 131 Å². The van der Waals surface area contributed by atoms with Crippen LogP contribution in [0.1, 0.15) is 59.9 Å². The molecule has 3 heterocycles. The molecule has 2 atom stereocenters. The number of aromatic nitrogens is 3. The molecule has 0 spiro atoms. The topological polar surface area (TPSA) is 81.4 Å². The molecule has 6 aromatic rings. The summed E-state index contributed by atoms with van der Waals surface area (Å²) in [5, 5.41) is 13.9. The zero-order chi connectivity index (χ0) is 34.3. The summed E-state index contributed by atoms with van der Waals surface area (Å²) in [7, 11) is 0. The van der Waals surface area contributed by atoms with Crippen LogP contribution in [0.4, 0.5) is 10.5 Å². The number of nitrogens with zero attached hydrogens (tertiary/aromatic N) is 5. The number of rotatable bonds is 8. The summed E-state index contributed by atoms with van der Waals surface area (Å²) in [6, 6.07) is 47.7. The van der Waals surface area contributed by atoms with Gasteiger partial charge in [-0.25, -0.2) is 14.5 Å². The van der Waals surface area contributed by atoms with Gasteiger partial charge < -0.3 is 10.1 Å². The molecule has 2 unspecified atom stereocenters. The van der Waals surface area contributed by atoms with Crippen molar-refractivity contribution in [3.8, 4) is 11.4 Å². The fourth-order valence-corrected chi connectivity index (χ4v) is 7.75. The fraction of sp³-hybridized carbons (Fsp3) is 0.209. The van der Waals surface area contributed by atoms with Crippen molar-refractivity contribution in [2.24, 2.45) is 5.10 Å². The number of carbonyl (C=O) groups excluding carboxylic acids is 1. The third-order valence-corrected chi connectivity index (χ3v) is 10.4. The minimum atomic E-state index is -0.784. The van der Waals surface area contributed by atoms with E-state index in [0.29, 0.717) is 12.4 Å². The quantitative estimate of drug-likeness (QED) is 0.131. The minimum absolute atomic E-state index is 0.134. The number of hydrogen-bond acceptors (Lipinski definition) is 5. The molecule has 51 heavy (non-hydrogen) atoms. The highest BCUT2D eigenvalue weighted by Gasteiger charge is 2.56. The standard InChI is InChI=1S/C43H38N6O2/c50-42(45-36-25-26-36)49(39-23-13-14-28-51-39)38-27-24-32(29-37(38)40(47-49)31-15-5-1-6-16-31)41-44-30-48(46-41)43(33-17-7-2-8-18-33,34-19-9-3-10-20-34)35-21-11-4-12-22-35/h1-12,15-22,24,27,29-30,36,39H,13-14,23,25-26,28H2/p+1. The van der Waals surface area contributed by atoms with E-state index in [2.05, 4.69) is 96.3 Å². The molecule has 5 aromatic carbocycles. The van der Waals surface area contributed by atoms with Crippen molar-refractivity contribution in [2.45, 2.75) is 49.9 Å². The first kappa shape index (κ1) is 31.3. The Balaban J connectivity index is 1.21. The number of quaternary nitrogens is 1. The Morgan fingerprint density at radius 3 is 1.90 bits per heavy atom. The monoisotopic (exact) mass is 671 g/mol. The first-order valence-electron chi connectivity index (χ1n) is 17.9. The van der Waals surface area contributed by atoms with Crippen LogP contribution in [-0.4, -0.2) is 45.4 Å². The van der Waals surface area contributed by atoms with Crippen LogP contribution >= 0.6 is 0 Å². The second kappa shape index (κ2) is 12.9. The van der Waals surface area contributed by atoms with Crippen molar-refractivity contribution >= 4 is 17.4 Å². The molecule has 1 aromatic heterocycles. The van der Waals surface area contributed by atoms with Gasteiger partial charge in [-0.3, -0.25) is 0 Å². The summed E-state index contributed by atoms with van der Waals surface area (Å²) >= 11 is 0. The SMILES string of the molecule is O=C(NC1CC1)[N+]1(C2CCCCO2)N=C(c2ccccc2)c2cc(-c3ncn(C(c4ccccc4)(c4ccccc4)c4ccccc4)n3)ccc21. The molecular formula is C43H39N6O2+. The summed E-state index contributed by atoms with van der Waals surface area (Å²) in [4.78, 5) is 19.3. The zero-order valence-corrected chi connectivity index (χ0v) is 28.3. The number of amides is 2. The number of nitrogens with one attached hydrogen (secondary N) is 1. The Kier molecular flexibility index (Phi) is 7.90. The molecule has 0 radical (unpaired) electrons. The molecule has 2 aliphatic heterocycles. The van der Waals surface area contributed by atoms with Gasteiger partial charge in [0.2, 0.25) is 6.23 Å². The predicted molar refractivity (Wildman–Crippen MR) is 199 cm³/mol. The molecule has 8 nitrogen and oxygen atoms in total. The lowest BCUT2D eigenvalue weighted by atomic mass is 9.77. The number of ether oxygens (including phenoxy) is 1. The van der Waals surface area contributed by atoms with Gasteiger partial charge in [-0.05, 0) is 54.5 Å². The molecule has 9 rings (SSSR count). The molecule has 2 amide bonds. The van der Waals surface area contributed by atoms with Crippen LogP contribution in [0.15, 0.2) is 151 Å². The van der Waals surface area contributed by atoms with Gasteiger partial charge in [-0.2, -0.15) is 0 Å². The highest BCUT2D eigenvalue weighted by molar-refractivity contribution is 6.20. The van der Waals surface area contributed by atoms with Crippen molar-refractivity contribution < 1.29 is 9.53 Å². The van der Waals surface area contributed by atoms with Crippen molar-refractivity contribution in [3.05, 3.63) is 174 Å². The molecule has 1 N–H and O–H groups in total. The molecule has 1 aliphatic carbocycles. The van der Waals surface area contributed by atoms with Gasteiger partial charge in [0.15, 0.2) is 11.5 Å². The van der Waals surface area contributed by atoms with Crippen molar-refractivity contribution in [3.63, 3.8) is 0 Å². The summed E-state index contributed by atoms with van der Waals surface area (Å²) < 4.78 is 8.14. The third-order valence-electron chi connectivity index (χ3n) is 10.4. The number of urea groups is 1. The Hall–Kier alpha value is -5.70. The second-order valence-corrected chi connectivity index (χ2v) is 13.6. The Bertz CT molecular complexity index is 2100. The molecular weight excluding hydrogens is 633 g/mol. The number of fused-ring (bicyclic) bond motifs is 1. The van der Waals surface area contributed by atoms with Crippen molar-refractivity contribution in [1.29, 1.82) is 0 Å². The fourth-order valence-electron chi connectivity index (χ4n) is 7.75. The number of benzene rings is 5.